The van der Waals surface area contributed by atoms with Crippen molar-refractivity contribution in [1.82, 2.24) is 9.80 Å². The molecule has 3 heteroatoms. The van der Waals surface area contributed by atoms with Crippen LogP contribution >= 0.6 is 0 Å². The van der Waals surface area contributed by atoms with Crippen molar-refractivity contribution in [2.75, 3.05) is 40.3 Å². The summed E-state index contributed by atoms with van der Waals surface area (Å²) in [5.74, 6) is 0.847. The molecule has 1 aromatic carbocycles. The fraction of sp³-hybridized carbons (Fsp3) is 0.647. The first-order valence-electron chi connectivity index (χ1n) is 7.75. The van der Waals surface area contributed by atoms with Crippen LogP contribution in [0.15, 0.2) is 30.3 Å². The smallest absolute Gasteiger partial charge is 0.0802 e. The van der Waals surface area contributed by atoms with Gasteiger partial charge in [-0.2, -0.15) is 0 Å². The Bertz CT molecular complexity index is 372. The Balaban J connectivity index is 1.68. The van der Waals surface area contributed by atoms with E-state index in [-0.39, 0.29) is 6.10 Å². The van der Waals surface area contributed by atoms with Crippen LogP contribution in [0.5, 0.6) is 0 Å². The molecule has 1 aromatic rings. The van der Waals surface area contributed by atoms with Gasteiger partial charge in [0.05, 0.1) is 6.10 Å². The molecule has 0 aliphatic carbocycles. The van der Waals surface area contributed by atoms with Crippen molar-refractivity contribution in [3.63, 3.8) is 0 Å². The average Bonchev–Trinajstić information content (AvgIpc) is 2.46. The molecule has 1 unspecified atom stereocenters. The quantitative estimate of drug-likeness (QED) is 0.864. The van der Waals surface area contributed by atoms with Gasteiger partial charge in [-0.15, -0.1) is 0 Å². The van der Waals surface area contributed by atoms with E-state index in [1.165, 1.54) is 32.5 Å². The van der Waals surface area contributed by atoms with Crippen LogP contribution in [-0.4, -0.2) is 55.2 Å². The summed E-state index contributed by atoms with van der Waals surface area (Å²) < 4.78 is 0. The van der Waals surface area contributed by atoms with Gasteiger partial charge in [-0.05, 0) is 57.9 Å². The molecule has 0 radical (unpaired) electrons. The predicted octanol–water partition coefficient (Wildman–Crippen LogP) is 2.38. The molecule has 20 heavy (non-hydrogen) atoms. The fourth-order valence-corrected chi connectivity index (χ4v) is 3.06. The average molecular weight is 276 g/mol. The molecule has 1 heterocycles. The summed E-state index contributed by atoms with van der Waals surface area (Å²) in [6.07, 6.45) is 3.09. The molecule has 0 spiro atoms. The van der Waals surface area contributed by atoms with Gasteiger partial charge in [0, 0.05) is 13.1 Å². The summed E-state index contributed by atoms with van der Waals surface area (Å²) in [5.41, 5.74) is 1.04. The van der Waals surface area contributed by atoms with Crippen LogP contribution in [0.3, 0.4) is 0 Å². The van der Waals surface area contributed by atoms with Crippen LogP contribution in [0.2, 0.25) is 0 Å². The van der Waals surface area contributed by atoms with Crippen molar-refractivity contribution in [1.29, 1.82) is 0 Å². The van der Waals surface area contributed by atoms with Crippen LogP contribution in [0, 0.1) is 5.92 Å². The molecule has 3 nitrogen and oxygen atoms in total. The van der Waals surface area contributed by atoms with Crippen molar-refractivity contribution in [2.45, 2.75) is 25.4 Å². The molecule has 1 fully saturated rings. The van der Waals surface area contributed by atoms with Crippen molar-refractivity contribution in [2.24, 2.45) is 5.92 Å². The number of aliphatic hydroxyl groups is 1. The Kier molecular flexibility index (Phi) is 6.02. The van der Waals surface area contributed by atoms with Crippen molar-refractivity contribution < 1.29 is 5.11 Å². The predicted molar refractivity (Wildman–Crippen MR) is 83.7 cm³/mol. The molecule has 1 aliphatic heterocycles. The number of rotatable bonds is 6. The zero-order valence-corrected chi connectivity index (χ0v) is 12.8. The number of hydrogen-bond donors (Lipinski definition) is 1. The van der Waals surface area contributed by atoms with E-state index in [0.717, 1.165) is 24.4 Å². The Morgan fingerprint density at radius 1 is 1.20 bits per heavy atom. The van der Waals surface area contributed by atoms with Gasteiger partial charge in [0.25, 0.3) is 0 Å². The van der Waals surface area contributed by atoms with Gasteiger partial charge in [0.1, 0.15) is 0 Å². The monoisotopic (exact) mass is 276 g/mol. The highest BCUT2D eigenvalue weighted by atomic mass is 16.3. The molecule has 0 bridgehead atoms. The Labute approximate surface area is 123 Å². The highest BCUT2D eigenvalue weighted by Gasteiger charge is 2.20. The third kappa shape index (κ3) is 4.89. The van der Waals surface area contributed by atoms with Gasteiger partial charge in [0.15, 0.2) is 0 Å². The van der Waals surface area contributed by atoms with Gasteiger partial charge >= 0.3 is 0 Å². The second-order valence-corrected chi connectivity index (χ2v) is 6.26. The zero-order chi connectivity index (χ0) is 14.4. The van der Waals surface area contributed by atoms with E-state index in [4.69, 9.17) is 0 Å². The maximum atomic E-state index is 10.2. The number of likely N-dealkylation sites (tertiary alicyclic amines) is 1. The van der Waals surface area contributed by atoms with Gasteiger partial charge in [-0.25, -0.2) is 0 Å². The summed E-state index contributed by atoms with van der Waals surface area (Å²) >= 11 is 0. The van der Waals surface area contributed by atoms with Crippen LogP contribution in [-0.2, 0) is 0 Å². The number of nitrogens with zero attached hydrogens (tertiary/aromatic N) is 2. The molecule has 1 N–H and O–H groups in total. The van der Waals surface area contributed by atoms with Crippen LogP contribution < -0.4 is 0 Å². The fourth-order valence-electron chi connectivity index (χ4n) is 3.06. The van der Waals surface area contributed by atoms with Gasteiger partial charge in [-0.1, -0.05) is 30.3 Å². The molecule has 112 valence electrons. The molecule has 0 aromatic heterocycles. The lowest BCUT2D eigenvalue weighted by Gasteiger charge is -2.33. The molecular weight excluding hydrogens is 248 g/mol. The first-order chi connectivity index (χ1) is 9.65. The third-order valence-electron chi connectivity index (χ3n) is 4.23. The highest BCUT2D eigenvalue weighted by molar-refractivity contribution is 5.17. The Morgan fingerprint density at radius 3 is 2.45 bits per heavy atom. The van der Waals surface area contributed by atoms with E-state index < -0.39 is 0 Å². The molecule has 1 atom stereocenters. The molecule has 0 amide bonds. The first-order valence-corrected chi connectivity index (χ1v) is 7.75. The van der Waals surface area contributed by atoms with E-state index in [1.54, 1.807) is 0 Å². The topological polar surface area (TPSA) is 26.7 Å². The van der Waals surface area contributed by atoms with Crippen LogP contribution in [0.4, 0.5) is 0 Å². The van der Waals surface area contributed by atoms with Crippen LogP contribution in [0.1, 0.15) is 30.9 Å². The highest BCUT2D eigenvalue weighted by Crippen LogP contribution is 2.20. The SMILES string of the molecule is CN(C)CC1CCN(CCC(O)c2ccccc2)CC1. The molecule has 1 aliphatic rings. The molecule has 2 rings (SSSR count). The van der Waals surface area contributed by atoms with E-state index in [0.29, 0.717) is 0 Å². The molecule has 0 saturated carbocycles. The minimum absolute atomic E-state index is 0.323. The van der Waals surface area contributed by atoms with Crippen molar-refractivity contribution >= 4 is 0 Å². The summed E-state index contributed by atoms with van der Waals surface area (Å²) in [6.45, 7) is 4.57. The number of piperidine rings is 1. The minimum atomic E-state index is -0.323. The lowest BCUT2D eigenvalue weighted by molar-refractivity contribution is 0.117. The van der Waals surface area contributed by atoms with Gasteiger partial charge < -0.3 is 14.9 Å². The minimum Gasteiger partial charge on any atom is -0.388 e. The van der Waals surface area contributed by atoms with E-state index in [2.05, 4.69) is 23.9 Å². The van der Waals surface area contributed by atoms with E-state index in [9.17, 15) is 5.11 Å². The summed E-state index contributed by atoms with van der Waals surface area (Å²) in [4.78, 5) is 4.79. The van der Waals surface area contributed by atoms with E-state index >= 15 is 0 Å². The summed E-state index contributed by atoms with van der Waals surface area (Å²) in [7, 11) is 4.31. The van der Waals surface area contributed by atoms with Crippen LogP contribution in [0.25, 0.3) is 0 Å². The zero-order valence-electron chi connectivity index (χ0n) is 12.8. The summed E-state index contributed by atoms with van der Waals surface area (Å²) in [6, 6.07) is 9.99. The third-order valence-corrected chi connectivity index (χ3v) is 4.23. The Morgan fingerprint density at radius 2 is 1.85 bits per heavy atom. The maximum absolute atomic E-state index is 10.2. The van der Waals surface area contributed by atoms with E-state index in [1.807, 2.05) is 30.3 Å². The standard InChI is InChI=1S/C17H28N2O/c1-18(2)14-15-8-11-19(12-9-15)13-10-17(20)16-6-4-3-5-7-16/h3-7,15,17,20H,8-14H2,1-2H3. The van der Waals surface area contributed by atoms with Gasteiger partial charge in [-0.3, -0.25) is 0 Å². The lowest BCUT2D eigenvalue weighted by Crippen LogP contribution is -2.37. The van der Waals surface area contributed by atoms with Crippen molar-refractivity contribution in [3.8, 4) is 0 Å². The second-order valence-electron chi connectivity index (χ2n) is 6.26. The molecular formula is C17H28N2O. The second kappa shape index (κ2) is 7.77. The molecule has 1 saturated heterocycles. The largest absolute Gasteiger partial charge is 0.388 e. The normalized spacial score (nSPS) is 19.4. The number of aliphatic hydroxyl groups excluding tert-OH is 1. The Hall–Kier alpha value is -0.900. The summed E-state index contributed by atoms with van der Waals surface area (Å²) in [5, 5.41) is 10.2. The number of hydrogen-bond acceptors (Lipinski definition) is 3. The van der Waals surface area contributed by atoms with Gasteiger partial charge in [0.2, 0.25) is 0 Å². The lowest BCUT2D eigenvalue weighted by atomic mass is 9.96. The van der Waals surface area contributed by atoms with Crippen molar-refractivity contribution in [3.05, 3.63) is 35.9 Å². The number of benzene rings is 1. The maximum Gasteiger partial charge on any atom is 0.0802 e. The first kappa shape index (κ1) is 15.5.